The lowest BCUT2D eigenvalue weighted by atomic mass is 10.1. The van der Waals surface area contributed by atoms with Crippen LogP contribution >= 0.6 is 0 Å². The number of carbonyl (C=O) groups excluding carboxylic acids is 1. The molecule has 2 rings (SSSR count). The summed E-state index contributed by atoms with van der Waals surface area (Å²) in [5.74, 6) is -0.722. The first-order valence-electron chi connectivity index (χ1n) is 8.20. The minimum absolute atomic E-state index is 0.0983. The number of methoxy groups -OCH3 is 2. The largest absolute Gasteiger partial charge is 0.493 e. The van der Waals surface area contributed by atoms with Gasteiger partial charge >= 0.3 is 0 Å². The number of carbonyl (C=O) groups is 1. The minimum atomic E-state index is -0.790. The van der Waals surface area contributed by atoms with Crippen LogP contribution in [0.4, 0.5) is 14.5 Å². The number of rotatable bonds is 8. The Kier molecular flexibility index (Phi) is 6.91. The molecule has 0 saturated carbocycles. The lowest BCUT2D eigenvalue weighted by molar-refractivity contribution is -0.870. The van der Waals surface area contributed by atoms with E-state index in [0.717, 1.165) is 22.6 Å². The van der Waals surface area contributed by atoms with Gasteiger partial charge in [-0.2, -0.15) is 0 Å². The van der Waals surface area contributed by atoms with E-state index in [4.69, 9.17) is 9.47 Å². The molecule has 0 aliphatic carbocycles. The molecule has 5 nitrogen and oxygen atoms in total. The SMILES string of the molecule is COc1ccc(CC[NH+](C)CC(=O)Nc2c(F)cccc2F)cc1OC. The summed E-state index contributed by atoms with van der Waals surface area (Å²) in [6, 6.07) is 9.11. The molecule has 1 atom stereocenters. The molecule has 1 unspecified atom stereocenters. The Morgan fingerprint density at radius 2 is 1.73 bits per heavy atom. The Hall–Kier alpha value is -2.67. The van der Waals surface area contributed by atoms with E-state index in [1.807, 2.05) is 25.2 Å². The molecule has 2 N–H and O–H groups in total. The van der Waals surface area contributed by atoms with Crippen LogP contribution < -0.4 is 19.7 Å². The van der Waals surface area contributed by atoms with E-state index < -0.39 is 23.2 Å². The topological polar surface area (TPSA) is 52.0 Å². The number of nitrogens with one attached hydrogen (secondary N) is 2. The predicted octanol–water partition coefficient (Wildman–Crippen LogP) is 1.68. The van der Waals surface area contributed by atoms with Crippen molar-refractivity contribution in [2.75, 3.05) is 39.7 Å². The third kappa shape index (κ3) is 5.16. The van der Waals surface area contributed by atoms with Crippen LogP contribution in [0.3, 0.4) is 0 Å². The van der Waals surface area contributed by atoms with Gasteiger partial charge in [-0.15, -0.1) is 0 Å². The van der Waals surface area contributed by atoms with Gasteiger partial charge in [0.1, 0.15) is 17.3 Å². The third-order valence-electron chi connectivity index (χ3n) is 3.98. The number of likely N-dealkylation sites (N-methyl/N-ethyl adjacent to an activating group) is 1. The number of halogens is 2. The molecule has 2 aromatic carbocycles. The number of anilines is 1. The fourth-order valence-corrected chi connectivity index (χ4v) is 2.56. The Morgan fingerprint density at radius 3 is 2.35 bits per heavy atom. The van der Waals surface area contributed by atoms with Crippen LogP contribution in [0.25, 0.3) is 0 Å². The van der Waals surface area contributed by atoms with Crippen molar-refractivity contribution in [1.29, 1.82) is 0 Å². The molecule has 0 saturated heterocycles. The maximum atomic E-state index is 13.6. The second-order valence-electron chi connectivity index (χ2n) is 5.97. The first-order valence-corrected chi connectivity index (χ1v) is 8.20. The molecule has 0 heterocycles. The van der Waals surface area contributed by atoms with E-state index in [-0.39, 0.29) is 6.54 Å². The summed E-state index contributed by atoms with van der Waals surface area (Å²) in [4.78, 5) is 12.9. The average molecular weight is 365 g/mol. The second kappa shape index (κ2) is 9.15. The van der Waals surface area contributed by atoms with Gasteiger partial charge in [-0.1, -0.05) is 12.1 Å². The zero-order chi connectivity index (χ0) is 19.1. The molecule has 0 fully saturated rings. The molecule has 0 aromatic heterocycles. The number of amides is 1. The highest BCUT2D eigenvalue weighted by atomic mass is 19.1. The van der Waals surface area contributed by atoms with Crippen LogP contribution in [0.5, 0.6) is 11.5 Å². The van der Waals surface area contributed by atoms with Gasteiger partial charge in [-0.05, 0) is 29.8 Å². The number of benzene rings is 2. The normalized spacial score (nSPS) is 11.7. The van der Waals surface area contributed by atoms with Crippen LogP contribution in [0.15, 0.2) is 36.4 Å². The summed E-state index contributed by atoms with van der Waals surface area (Å²) < 4.78 is 37.6. The molecule has 26 heavy (non-hydrogen) atoms. The molecular formula is C19H23F2N2O3+. The highest BCUT2D eigenvalue weighted by Crippen LogP contribution is 2.27. The number of hydrogen-bond donors (Lipinski definition) is 2. The van der Waals surface area contributed by atoms with Crippen LogP contribution in [0.1, 0.15) is 5.56 Å². The van der Waals surface area contributed by atoms with Crippen molar-refractivity contribution in [1.82, 2.24) is 0 Å². The zero-order valence-electron chi connectivity index (χ0n) is 15.1. The minimum Gasteiger partial charge on any atom is -0.493 e. The van der Waals surface area contributed by atoms with E-state index in [1.54, 1.807) is 14.2 Å². The molecule has 1 amide bonds. The van der Waals surface area contributed by atoms with Crippen molar-refractivity contribution >= 4 is 11.6 Å². The smallest absolute Gasteiger partial charge is 0.279 e. The zero-order valence-corrected chi connectivity index (χ0v) is 15.1. The Morgan fingerprint density at radius 1 is 1.08 bits per heavy atom. The molecule has 7 heteroatoms. The molecule has 0 aliphatic heterocycles. The quantitative estimate of drug-likeness (QED) is 0.748. The lowest BCUT2D eigenvalue weighted by Gasteiger charge is -2.15. The maximum Gasteiger partial charge on any atom is 0.279 e. The van der Waals surface area contributed by atoms with Gasteiger partial charge in [0.25, 0.3) is 5.91 Å². The highest BCUT2D eigenvalue weighted by molar-refractivity contribution is 5.91. The van der Waals surface area contributed by atoms with Gasteiger partial charge in [0.05, 0.1) is 27.8 Å². The monoisotopic (exact) mass is 365 g/mol. The summed E-state index contributed by atoms with van der Waals surface area (Å²) in [6.07, 6.45) is 0.716. The summed E-state index contributed by atoms with van der Waals surface area (Å²) in [5.41, 5.74) is 0.632. The molecule has 2 aromatic rings. The van der Waals surface area contributed by atoms with Crippen molar-refractivity contribution in [3.8, 4) is 11.5 Å². The van der Waals surface area contributed by atoms with Gasteiger partial charge < -0.3 is 19.7 Å². The summed E-state index contributed by atoms with van der Waals surface area (Å²) in [7, 11) is 5.00. The summed E-state index contributed by atoms with van der Waals surface area (Å²) >= 11 is 0. The van der Waals surface area contributed by atoms with Crippen molar-refractivity contribution in [3.63, 3.8) is 0 Å². The van der Waals surface area contributed by atoms with E-state index in [9.17, 15) is 13.6 Å². The second-order valence-corrected chi connectivity index (χ2v) is 5.97. The van der Waals surface area contributed by atoms with E-state index in [0.29, 0.717) is 24.5 Å². The standard InChI is InChI=1S/C19H22F2N2O3/c1-23(10-9-13-7-8-16(25-2)17(11-13)26-3)12-18(24)22-19-14(20)5-4-6-15(19)21/h4-8,11H,9-10,12H2,1-3H3,(H,22,24)/p+1. The molecule has 0 aliphatic rings. The Bertz CT molecular complexity index is 748. The average Bonchev–Trinajstić information content (AvgIpc) is 2.62. The van der Waals surface area contributed by atoms with E-state index in [1.165, 1.54) is 6.07 Å². The van der Waals surface area contributed by atoms with Crippen LogP contribution in [0.2, 0.25) is 0 Å². The number of para-hydroxylation sites is 1. The van der Waals surface area contributed by atoms with Crippen molar-refractivity contribution in [2.24, 2.45) is 0 Å². The molecule has 0 spiro atoms. The number of quaternary nitrogens is 1. The Labute approximate surface area is 151 Å². The first-order chi connectivity index (χ1) is 12.4. The third-order valence-corrected chi connectivity index (χ3v) is 3.98. The van der Waals surface area contributed by atoms with E-state index >= 15 is 0 Å². The fraction of sp³-hybridized carbons (Fsp3) is 0.316. The first kappa shape index (κ1) is 19.7. The summed E-state index contributed by atoms with van der Waals surface area (Å²) in [5, 5.41) is 2.29. The molecular weight excluding hydrogens is 342 g/mol. The van der Waals surface area contributed by atoms with Gasteiger partial charge in [0.15, 0.2) is 18.0 Å². The fourth-order valence-electron chi connectivity index (χ4n) is 2.56. The van der Waals surface area contributed by atoms with Crippen LogP contribution in [-0.4, -0.2) is 40.3 Å². The molecule has 0 radical (unpaired) electrons. The molecule has 0 bridgehead atoms. The summed E-state index contributed by atoms with van der Waals surface area (Å²) in [6.45, 7) is 0.768. The van der Waals surface area contributed by atoms with Gasteiger partial charge in [0, 0.05) is 6.42 Å². The maximum absolute atomic E-state index is 13.6. The lowest BCUT2D eigenvalue weighted by Crippen LogP contribution is -3.10. The number of ether oxygens (including phenoxy) is 2. The van der Waals surface area contributed by atoms with Gasteiger partial charge in [-0.3, -0.25) is 4.79 Å². The van der Waals surface area contributed by atoms with Gasteiger partial charge in [0.2, 0.25) is 0 Å². The highest BCUT2D eigenvalue weighted by Gasteiger charge is 2.15. The van der Waals surface area contributed by atoms with Gasteiger partial charge in [-0.25, -0.2) is 8.78 Å². The van der Waals surface area contributed by atoms with Crippen LogP contribution in [-0.2, 0) is 11.2 Å². The number of hydrogen-bond acceptors (Lipinski definition) is 3. The van der Waals surface area contributed by atoms with Crippen molar-refractivity contribution in [2.45, 2.75) is 6.42 Å². The van der Waals surface area contributed by atoms with Crippen LogP contribution in [0, 0.1) is 11.6 Å². The van der Waals surface area contributed by atoms with E-state index in [2.05, 4.69) is 5.32 Å². The van der Waals surface area contributed by atoms with Crippen molar-refractivity contribution < 1.29 is 27.9 Å². The van der Waals surface area contributed by atoms with Crippen molar-refractivity contribution in [3.05, 3.63) is 53.6 Å². The predicted molar refractivity (Wildman–Crippen MR) is 94.9 cm³/mol. The molecule has 140 valence electrons. The Balaban J connectivity index is 1.88.